The lowest BCUT2D eigenvalue weighted by Gasteiger charge is -2.13. The summed E-state index contributed by atoms with van der Waals surface area (Å²) in [4.78, 5) is -0.537. The van der Waals surface area contributed by atoms with Crippen molar-refractivity contribution in [3.8, 4) is 5.75 Å². The van der Waals surface area contributed by atoms with Crippen LogP contribution in [0.15, 0.2) is 58.3 Å². The molecule has 1 N–H and O–H groups in total. The monoisotopic (exact) mass is 424 g/mol. The maximum Gasteiger partial charge on any atom is 0.573 e. The van der Waals surface area contributed by atoms with Crippen LogP contribution in [0.1, 0.15) is 0 Å². The zero-order chi connectivity index (χ0) is 20.5. The predicted octanol–water partition coefficient (Wildman–Crippen LogP) is 2.64. The van der Waals surface area contributed by atoms with Crippen LogP contribution >= 0.6 is 0 Å². The molecule has 0 aliphatic rings. The van der Waals surface area contributed by atoms with E-state index >= 15 is 0 Å². The summed E-state index contributed by atoms with van der Waals surface area (Å²) < 4.78 is 92.3. The molecule has 0 unspecified atom stereocenters. The number of hydrogen-bond donors (Lipinski definition) is 1. The quantitative estimate of drug-likeness (QED) is 0.770. The van der Waals surface area contributed by atoms with Crippen molar-refractivity contribution in [3.05, 3.63) is 48.5 Å². The average molecular weight is 424 g/mol. The highest BCUT2D eigenvalue weighted by molar-refractivity contribution is 7.93. The third kappa shape index (κ3) is 5.34. The van der Waals surface area contributed by atoms with Crippen LogP contribution in [0.4, 0.5) is 18.9 Å². The number of halogens is 3. The van der Waals surface area contributed by atoms with Crippen molar-refractivity contribution in [2.24, 2.45) is 0 Å². The van der Waals surface area contributed by atoms with Crippen LogP contribution in [0.25, 0.3) is 0 Å². The lowest BCUT2D eigenvalue weighted by atomic mass is 10.3. The number of hydrogen-bond acceptors (Lipinski definition) is 5. The molecular weight excluding hydrogens is 409 g/mol. The van der Waals surface area contributed by atoms with E-state index in [1.807, 2.05) is 0 Å². The minimum absolute atomic E-state index is 0.0228. The molecule has 0 amide bonds. The molecular formula is C15H15F3N2O5S2. The van der Waals surface area contributed by atoms with Crippen LogP contribution in [0.3, 0.4) is 0 Å². The molecule has 0 aliphatic heterocycles. The van der Waals surface area contributed by atoms with Gasteiger partial charge in [0, 0.05) is 19.8 Å². The Hall–Kier alpha value is -2.31. The summed E-state index contributed by atoms with van der Waals surface area (Å²) in [6.45, 7) is 0. The number of anilines is 1. The fourth-order valence-electron chi connectivity index (χ4n) is 1.95. The molecule has 7 nitrogen and oxygen atoms in total. The largest absolute Gasteiger partial charge is 0.573 e. The van der Waals surface area contributed by atoms with Crippen LogP contribution < -0.4 is 9.46 Å². The van der Waals surface area contributed by atoms with Crippen molar-refractivity contribution in [1.82, 2.24) is 4.31 Å². The number of rotatable bonds is 6. The van der Waals surface area contributed by atoms with Gasteiger partial charge in [-0.3, -0.25) is 4.72 Å². The van der Waals surface area contributed by atoms with Crippen molar-refractivity contribution >= 4 is 25.7 Å². The van der Waals surface area contributed by atoms with Crippen molar-refractivity contribution in [2.45, 2.75) is 16.2 Å². The van der Waals surface area contributed by atoms with Gasteiger partial charge in [-0.25, -0.2) is 21.1 Å². The van der Waals surface area contributed by atoms with Gasteiger partial charge in [-0.15, -0.1) is 13.2 Å². The Morgan fingerprint density at radius 1 is 0.926 bits per heavy atom. The summed E-state index contributed by atoms with van der Waals surface area (Å²) in [5, 5.41) is 0. The Bertz CT molecular complexity index is 1020. The van der Waals surface area contributed by atoms with Crippen LogP contribution in [-0.4, -0.2) is 41.6 Å². The number of ether oxygens (including phenoxy) is 1. The Kier molecular flexibility index (Phi) is 5.73. The van der Waals surface area contributed by atoms with Crippen molar-refractivity contribution in [2.75, 3.05) is 18.8 Å². The van der Waals surface area contributed by atoms with Gasteiger partial charge in [-0.1, -0.05) is 6.07 Å². The lowest BCUT2D eigenvalue weighted by molar-refractivity contribution is -0.274. The highest BCUT2D eigenvalue weighted by Crippen LogP contribution is 2.25. The van der Waals surface area contributed by atoms with E-state index in [9.17, 15) is 30.0 Å². The Morgan fingerprint density at radius 2 is 1.48 bits per heavy atom. The minimum Gasteiger partial charge on any atom is -0.406 e. The molecule has 2 aromatic rings. The molecule has 0 atom stereocenters. The van der Waals surface area contributed by atoms with E-state index in [0.717, 1.165) is 34.6 Å². The molecule has 0 fully saturated rings. The lowest BCUT2D eigenvalue weighted by Crippen LogP contribution is -2.22. The van der Waals surface area contributed by atoms with Crippen LogP contribution in [0, 0.1) is 0 Å². The van der Waals surface area contributed by atoms with Crippen LogP contribution in [0.5, 0.6) is 5.75 Å². The van der Waals surface area contributed by atoms with Gasteiger partial charge in [-0.05, 0) is 42.5 Å². The van der Waals surface area contributed by atoms with E-state index in [0.29, 0.717) is 0 Å². The first-order chi connectivity index (χ1) is 12.3. The van der Waals surface area contributed by atoms with Gasteiger partial charge in [0.2, 0.25) is 10.0 Å². The second-order valence-corrected chi connectivity index (χ2v) is 9.27. The number of sulfonamides is 2. The predicted molar refractivity (Wildman–Crippen MR) is 91.2 cm³/mol. The molecule has 0 spiro atoms. The fourth-order valence-corrected chi connectivity index (χ4v) is 4.08. The average Bonchev–Trinajstić information content (AvgIpc) is 2.55. The van der Waals surface area contributed by atoms with Gasteiger partial charge in [-0.2, -0.15) is 0 Å². The summed E-state index contributed by atoms with van der Waals surface area (Å²) in [6.07, 6.45) is -4.86. The van der Waals surface area contributed by atoms with Gasteiger partial charge in [0.15, 0.2) is 0 Å². The van der Waals surface area contributed by atoms with Gasteiger partial charge >= 0.3 is 6.36 Å². The SMILES string of the molecule is CN(C)S(=O)(=O)c1cccc(S(=O)(=O)Nc2ccc(OC(F)(F)F)cc2)c1. The maximum atomic E-state index is 12.4. The Balaban J connectivity index is 2.27. The third-order valence-corrected chi connectivity index (χ3v) is 6.42. The molecule has 12 heteroatoms. The maximum absolute atomic E-state index is 12.4. The normalized spacial score (nSPS) is 12.8. The summed E-state index contributed by atoms with van der Waals surface area (Å²) in [5.74, 6) is -0.510. The van der Waals surface area contributed by atoms with Gasteiger partial charge in [0.05, 0.1) is 9.79 Å². The van der Waals surface area contributed by atoms with E-state index in [2.05, 4.69) is 9.46 Å². The molecule has 0 aromatic heterocycles. The molecule has 0 heterocycles. The fraction of sp³-hybridized carbons (Fsp3) is 0.200. The zero-order valence-corrected chi connectivity index (χ0v) is 15.7. The Morgan fingerprint density at radius 3 is 2.00 bits per heavy atom. The van der Waals surface area contributed by atoms with E-state index in [-0.39, 0.29) is 15.5 Å². The van der Waals surface area contributed by atoms with Crippen LogP contribution in [0.2, 0.25) is 0 Å². The summed E-state index contributed by atoms with van der Waals surface area (Å²) in [5.41, 5.74) is -0.0228. The van der Waals surface area contributed by atoms with Crippen LogP contribution in [-0.2, 0) is 20.0 Å². The standard InChI is InChI=1S/C15H15F3N2O5S2/c1-20(2)27(23,24)14-5-3-4-13(10-14)26(21,22)19-11-6-8-12(9-7-11)25-15(16,17)18/h3-10,19H,1-2H3. The number of nitrogens with zero attached hydrogens (tertiary/aromatic N) is 1. The summed E-state index contributed by atoms with van der Waals surface area (Å²) >= 11 is 0. The van der Waals surface area contributed by atoms with Crippen molar-refractivity contribution < 1.29 is 34.7 Å². The molecule has 0 saturated carbocycles. The van der Waals surface area contributed by atoms with Gasteiger partial charge in [0.1, 0.15) is 5.75 Å². The highest BCUT2D eigenvalue weighted by Gasteiger charge is 2.31. The number of nitrogens with one attached hydrogen (secondary N) is 1. The van der Waals surface area contributed by atoms with Crippen molar-refractivity contribution in [1.29, 1.82) is 0 Å². The molecule has 148 valence electrons. The molecule has 2 aromatic carbocycles. The highest BCUT2D eigenvalue weighted by atomic mass is 32.2. The first-order valence-corrected chi connectivity index (χ1v) is 10.1. The molecule has 2 rings (SSSR count). The van der Waals surface area contributed by atoms with E-state index in [1.165, 1.54) is 32.3 Å². The summed E-state index contributed by atoms with van der Waals surface area (Å²) in [6, 6.07) is 8.74. The molecule has 27 heavy (non-hydrogen) atoms. The molecule has 0 bridgehead atoms. The smallest absolute Gasteiger partial charge is 0.406 e. The summed E-state index contributed by atoms with van der Waals surface area (Å²) in [7, 11) is -5.39. The van der Waals surface area contributed by atoms with E-state index in [4.69, 9.17) is 0 Å². The first kappa shape index (κ1) is 21.0. The van der Waals surface area contributed by atoms with E-state index in [1.54, 1.807) is 0 Å². The molecule has 0 radical (unpaired) electrons. The van der Waals surface area contributed by atoms with Crippen molar-refractivity contribution in [3.63, 3.8) is 0 Å². The molecule has 0 saturated heterocycles. The van der Waals surface area contributed by atoms with Gasteiger partial charge < -0.3 is 4.74 Å². The third-order valence-electron chi connectivity index (χ3n) is 3.23. The van der Waals surface area contributed by atoms with E-state index < -0.39 is 32.2 Å². The zero-order valence-electron chi connectivity index (χ0n) is 14.1. The topological polar surface area (TPSA) is 92.8 Å². The second kappa shape index (κ2) is 7.37. The number of benzene rings is 2. The second-order valence-electron chi connectivity index (χ2n) is 5.44. The number of alkyl halides is 3. The first-order valence-electron chi connectivity index (χ1n) is 7.22. The minimum atomic E-state index is -4.86. The van der Waals surface area contributed by atoms with Gasteiger partial charge in [0.25, 0.3) is 10.0 Å². The molecule has 0 aliphatic carbocycles. The Labute approximate surface area is 154 Å².